The van der Waals surface area contributed by atoms with E-state index in [2.05, 4.69) is 20.4 Å². The molecule has 2 aromatic rings. The van der Waals surface area contributed by atoms with Crippen molar-refractivity contribution in [3.63, 3.8) is 0 Å². The number of nitrogens with one attached hydrogen (secondary N) is 2. The summed E-state index contributed by atoms with van der Waals surface area (Å²) in [6.07, 6.45) is 1.38. The van der Waals surface area contributed by atoms with Gasteiger partial charge in [0.2, 0.25) is 0 Å². The van der Waals surface area contributed by atoms with Crippen LogP contribution in [0.2, 0.25) is 0 Å². The molecule has 0 unspecified atom stereocenters. The molecule has 0 aliphatic carbocycles. The molecule has 0 saturated heterocycles. The highest BCUT2D eigenvalue weighted by atomic mass is 127. The highest BCUT2D eigenvalue weighted by molar-refractivity contribution is 14.1. The summed E-state index contributed by atoms with van der Waals surface area (Å²) in [4.78, 5) is 17.9. The van der Waals surface area contributed by atoms with Crippen LogP contribution in [0.3, 0.4) is 0 Å². The van der Waals surface area contributed by atoms with E-state index in [4.69, 9.17) is 4.52 Å². The number of halogens is 1. The summed E-state index contributed by atoms with van der Waals surface area (Å²) in [5.41, 5.74) is 1.68. The number of nitrogens with zero attached hydrogens (tertiary/aromatic N) is 2. The predicted octanol–water partition coefficient (Wildman–Crippen LogP) is 1.59. The molecule has 0 radical (unpaired) electrons. The predicted molar refractivity (Wildman–Crippen MR) is 70.9 cm³/mol. The van der Waals surface area contributed by atoms with Crippen molar-refractivity contribution in [1.82, 2.24) is 15.1 Å². The van der Waals surface area contributed by atoms with E-state index in [-0.39, 0.29) is 5.56 Å². The Morgan fingerprint density at radius 2 is 2.29 bits per heavy atom. The highest BCUT2D eigenvalue weighted by Gasteiger charge is 2.10. The zero-order valence-corrected chi connectivity index (χ0v) is 11.5. The molecule has 2 heterocycles. The van der Waals surface area contributed by atoms with Gasteiger partial charge in [-0.3, -0.25) is 4.79 Å². The zero-order chi connectivity index (χ0) is 12.4. The second-order valence-electron chi connectivity index (χ2n) is 3.55. The Hall–Kier alpha value is -1.38. The van der Waals surface area contributed by atoms with Crippen LogP contribution in [0, 0.1) is 17.4 Å². The third-order valence-electron chi connectivity index (χ3n) is 2.41. The Bertz CT molecular complexity index is 571. The van der Waals surface area contributed by atoms with Crippen LogP contribution in [0.5, 0.6) is 0 Å². The molecular formula is C10H11IN4O2. The number of anilines is 1. The van der Waals surface area contributed by atoms with Gasteiger partial charge in [-0.25, -0.2) is 4.98 Å². The molecule has 2 aromatic heterocycles. The normalized spacial score (nSPS) is 10.5. The van der Waals surface area contributed by atoms with Crippen molar-refractivity contribution < 1.29 is 4.52 Å². The molecule has 0 fully saturated rings. The van der Waals surface area contributed by atoms with Crippen molar-refractivity contribution in [3.8, 4) is 0 Å². The van der Waals surface area contributed by atoms with E-state index in [0.29, 0.717) is 15.9 Å². The number of hydrogen-bond acceptors (Lipinski definition) is 5. The summed E-state index contributed by atoms with van der Waals surface area (Å²) in [7, 11) is 0. The lowest BCUT2D eigenvalue weighted by Gasteiger charge is -2.05. The molecule has 0 aliphatic heterocycles. The zero-order valence-electron chi connectivity index (χ0n) is 9.37. The van der Waals surface area contributed by atoms with Gasteiger partial charge in [0.05, 0.1) is 12.0 Å². The molecule has 0 amide bonds. The van der Waals surface area contributed by atoms with Crippen molar-refractivity contribution in [1.29, 1.82) is 0 Å². The Labute approximate surface area is 111 Å². The first kappa shape index (κ1) is 12.1. The van der Waals surface area contributed by atoms with Crippen molar-refractivity contribution in [2.45, 2.75) is 20.4 Å². The van der Waals surface area contributed by atoms with Gasteiger partial charge >= 0.3 is 0 Å². The van der Waals surface area contributed by atoms with E-state index in [1.165, 1.54) is 6.33 Å². The second-order valence-corrected chi connectivity index (χ2v) is 4.63. The van der Waals surface area contributed by atoms with E-state index in [1.807, 2.05) is 36.4 Å². The maximum absolute atomic E-state index is 11.4. The fourth-order valence-electron chi connectivity index (χ4n) is 1.43. The van der Waals surface area contributed by atoms with Gasteiger partial charge in [0.1, 0.15) is 15.1 Å². The molecule has 0 saturated carbocycles. The van der Waals surface area contributed by atoms with Crippen LogP contribution in [-0.2, 0) is 6.54 Å². The van der Waals surface area contributed by atoms with Gasteiger partial charge in [-0.05, 0) is 36.4 Å². The van der Waals surface area contributed by atoms with Crippen LogP contribution in [0.1, 0.15) is 17.0 Å². The third kappa shape index (κ3) is 2.48. The van der Waals surface area contributed by atoms with Crippen molar-refractivity contribution in [2.24, 2.45) is 0 Å². The first-order valence-electron chi connectivity index (χ1n) is 4.98. The van der Waals surface area contributed by atoms with E-state index in [1.54, 1.807) is 0 Å². The minimum Gasteiger partial charge on any atom is -0.365 e. The molecule has 0 spiro atoms. The Morgan fingerprint density at radius 3 is 2.94 bits per heavy atom. The second kappa shape index (κ2) is 4.86. The molecule has 0 atom stereocenters. The smallest absolute Gasteiger partial charge is 0.266 e. The van der Waals surface area contributed by atoms with E-state index in [0.717, 1.165) is 17.0 Å². The monoisotopic (exact) mass is 346 g/mol. The van der Waals surface area contributed by atoms with Crippen LogP contribution in [0.25, 0.3) is 0 Å². The molecule has 6 nitrogen and oxygen atoms in total. The first-order chi connectivity index (χ1) is 8.09. The SMILES string of the molecule is Cc1noc(C)c1CNc1nc[nH]c(=O)c1I. The Balaban J connectivity index is 2.18. The molecular weight excluding hydrogens is 335 g/mol. The summed E-state index contributed by atoms with van der Waals surface area (Å²) in [5, 5.41) is 6.96. The lowest BCUT2D eigenvalue weighted by atomic mass is 10.2. The fraction of sp³-hybridized carbons (Fsp3) is 0.300. The third-order valence-corrected chi connectivity index (χ3v) is 3.41. The number of aromatic amines is 1. The Morgan fingerprint density at radius 1 is 1.53 bits per heavy atom. The molecule has 0 aromatic carbocycles. The van der Waals surface area contributed by atoms with Crippen LogP contribution >= 0.6 is 22.6 Å². The standard InChI is InChI=1S/C10H11IN4O2/c1-5-7(6(2)17-15-5)3-12-9-8(11)10(16)14-4-13-9/h4H,3H2,1-2H3,(H2,12,13,14,16). The average molecular weight is 346 g/mol. The average Bonchev–Trinajstić information content (AvgIpc) is 2.62. The number of rotatable bonds is 3. The maximum Gasteiger partial charge on any atom is 0.266 e. The van der Waals surface area contributed by atoms with Gasteiger partial charge in [0, 0.05) is 12.1 Å². The van der Waals surface area contributed by atoms with Crippen LogP contribution in [0.15, 0.2) is 15.6 Å². The molecule has 17 heavy (non-hydrogen) atoms. The van der Waals surface area contributed by atoms with Gasteiger partial charge in [-0.15, -0.1) is 0 Å². The molecule has 0 aliphatic rings. The lowest BCUT2D eigenvalue weighted by molar-refractivity contribution is 0.392. The summed E-state index contributed by atoms with van der Waals surface area (Å²) < 4.78 is 5.60. The minimum atomic E-state index is -0.151. The number of H-pyrrole nitrogens is 1. The van der Waals surface area contributed by atoms with E-state index < -0.39 is 0 Å². The fourth-order valence-corrected chi connectivity index (χ4v) is 1.92. The largest absolute Gasteiger partial charge is 0.365 e. The Kier molecular flexibility index (Phi) is 3.46. The van der Waals surface area contributed by atoms with Crippen LogP contribution in [-0.4, -0.2) is 15.1 Å². The maximum atomic E-state index is 11.4. The minimum absolute atomic E-state index is 0.151. The van der Waals surface area contributed by atoms with Crippen LogP contribution < -0.4 is 10.9 Å². The molecule has 2 N–H and O–H groups in total. The van der Waals surface area contributed by atoms with Crippen molar-refractivity contribution in [2.75, 3.05) is 5.32 Å². The van der Waals surface area contributed by atoms with Crippen molar-refractivity contribution in [3.05, 3.63) is 37.3 Å². The van der Waals surface area contributed by atoms with E-state index >= 15 is 0 Å². The first-order valence-corrected chi connectivity index (χ1v) is 6.06. The number of aryl methyl sites for hydroxylation is 2. The number of aromatic nitrogens is 3. The van der Waals surface area contributed by atoms with Gasteiger partial charge < -0.3 is 14.8 Å². The summed E-state index contributed by atoms with van der Waals surface area (Å²) >= 11 is 1.96. The summed E-state index contributed by atoms with van der Waals surface area (Å²) in [6.45, 7) is 4.27. The molecule has 90 valence electrons. The van der Waals surface area contributed by atoms with Crippen molar-refractivity contribution >= 4 is 28.4 Å². The summed E-state index contributed by atoms with van der Waals surface area (Å²) in [6, 6.07) is 0. The van der Waals surface area contributed by atoms with Crippen LogP contribution in [0.4, 0.5) is 5.82 Å². The van der Waals surface area contributed by atoms with Gasteiger partial charge in [0.15, 0.2) is 0 Å². The van der Waals surface area contributed by atoms with Gasteiger partial charge in [-0.1, -0.05) is 5.16 Å². The number of hydrogen-bond donors (Lipinski definition) is 2. The molecule has 7 heteroatoms. The van der Waals surface area contributed by atoms with E-state index in [9.17, 15) is 4.79 Å². The molecule has 0 bridgehead atoms. The quantitative estimate of drug-likeness (QED) is 0.825. The summed E-state index contributed by atoms with van der Waals surface area (Å²) in [5.74, 6) is 1.34. The molecule has 2 rings (SSSR count). The van der Waals surface area contributed by atoms with Gasteiger partial charge in [0.25, 0.3) is 5.56 Å². The lowest BCUT2D eigenvalue weighted by Crippen LogP contribution is -2.14. The highest BCUT2D eigenvalue weighted by Crippen LogP contribution is 2.15. The topological polar surface area (TPSA) is 83.8 Å². The van der Waals surface area contributed by atoms with Gasteiger partial charge in [-0.2, -0.15) is 0 Å².